The van der Waals surface area contributed by atoms with Crippen LogP contribution in [0.5, 0.6) is 0 Å². The third-order valence-electron chi connectivity index (χ3n) is 2.69. The van der Waals surface area contributed by atoms with Crippen LogP contribution in [-0.4, -0.2) is 44.8 Å². The summed E-state index contributed by atoms with van der Waals surface area (Å²) in [5, 5.41) is 8.13. The zero-order valence-corrected chi connectivity index (χ0v) is 9.53. The summed E-state index contributed by atoms with van der Waals surface area (Å²) in [6.07, 6.45) is 2.11. The molecule has 6 heteroatoms. The molecule has 5 nitrogen and oxygen atoms in total. The monoisotopic (exact) mass is 243 g/mol. The number of imide groups is 1. The fourth-order valence-electron chi connectivity index (χ4n) is 1.76. The van der Waals surface area contributed by atoms with Crippen molar-refractivity contribution in [3.63, 3.8) is 0 Å². The number of amides is 2. The van der Waals surface area contributed by atoms with Crippen LogP contribution in [0.2, 0.25) is 0 Å². The van der Waals surface area contributed by atoms with Gasteiger partial charge in [-0.25, -0.2) is 0 Å². The van der Waals surface area contributed by atoms with Gasteiger partial charge in [0.25, 0.3) is 0 Å². The van der Waals surface area contributed by atoms with Crippen molar-refractivity contribution in [2.24, 2.45) is 0 Å². The Morgan fingerprint density at radius 3 is 2.69 bits per heavy atom. The predicted octanol–water partition coefficient (Wildman–Crippen LogP) is 0.484. The minimum Gasteiger partial charge on any atom is -0.481 e. The maximum atomic E-state index is 11.8. The molecule has 2 aliphatic rings. The fourth-order valence-corrected chi connectivity index (χ4v) is 2.85. The maximum absolute atomic E-state index is 11.8. The molecule has 1 saturated carbocycles. The van der Waals surface area contributed by atoms with Crippen LogP contribution in [0.3, 0.4) is 0 Å². The standard InChI is InChI=1S/C10H13NO4S/c12-8-5-7(16-4-3-9(13)14)10(15)11(8)6-1-2-6/h6-7H,1-5H2,(H,13,14). The average Bonchev–Trinajstić information content (AvgIpc) is 2.96. The molecule has 1 aliphatic carbocycles. The largest absolute Gasteiger partial charge is 0.481 e. The molecule has 1 heterocycles. The molecular formula is C10H13NO4S. The van der Waals surface area contributed by atoms with Crippen molar-refractivity contribution >= 4 is 29.5 Å². The van der Waals surface area contributed by atoms with E-state index in [1.54, 1.807) is 0 Å². The number of hydrogen-bond acceptors (Lipinski definition) is 4. The molecule has 16 heavy (non-hydrogen) atoms. The van der Waals surface area contributed by atoms with Crippen LogP contribution < -0.4 is 0 Å². The van der Waals surface area contributed by atoms with E-state index in [0.29, 0.717) is 5.75 Å². The Morgan fingerprint density at radius 1 is 1.44 bits per heavy atom. The van der Waals surface area contributed by atoms with Gasteiger partial charge in [-0.15, -0.1) is 11.8 Å². The van der Waals surface area contributed by atoms with Crippen molar-refractivity contribution < 1.29 is 19.5 Å². The lowest BCUT2D eigenvalue weighted by molar-refractivity contribution is -0.139. The number of carboxylic acids is 1. The number of rotatable bonds is 5. The van der Waals surface area contributed by atoms with E-state index in [0.717, 1.165) is 12.8 Å². The lowest BCUT2D eigenvalue weighted by Crippen LogP contribution is -2.33. The highest BCUT2D eigenvalue weighted by Gasteiger charge is 2.46. The molecule has 1 aliphatic heterocycles. The van der Waals surface area contributed by atoms with Gasteiger partial charge in [0.05, 0.1) is 11.7 Å². The minimum atomic E-state index is -0.872. The molecule has 0 aromatic heterocycles. The van der Waals surface area contributed by atoms with Crippen LogP contribution in [0.1, 0.15) is 25.7 Å². The zero-order chi connectivity index (χ0) is 11.7. The summed E-state index contributed by atoms with van der Waals surface area (Å²) in [5.41, 5.74) is 0. The number of likely N-dealkylation sites (tertiary alicyclic amines) is 1. The molecule has 0 bridgehead atoms. The molecule has 1 saturated heterocycles. The molecule has 1 N–H and O–H groups in total. The molecule has 0 spiro atoms. The molecule has 2 rings (SSSR count). The Morgan fingerprint density at radius 2 is 2.12 bits per heavy atom. The first-order chi connectivity index (χ1) is 7.59. The van der Waals surface area contributed by atoms with Crippen molar-refractivity contribution in [3.8, 4) is 0 Å². The molecule has 1 unspecified atom stereocenters. The van der Waals surface area contributed by atoms with Gasteiger partial charge in [-0.2, -0.15) is 0 Å². The molecule has 88 valence electrons. The van der Waals surface area contributed by atoms with Gasteiger partial charge >= 0.3 is 5.97 Å². The van der Waals surface area contributed by atoms with Gasteiger partial charge in [-0.1, -0.05) is 0 Å². The second kappa shape index (κ2) is 4.45. The SMILES string of the molecule is O=C(O)CCSC1CC(=O)N(C2CC2)C1=O. The van der Waals surface area contributed by atoms with Crippen LogP contribution in [-0.2, 0) is 14.4 Å². The topological polar surface area (TPSA) is 74.7 Å². The second-order valence-corrected chi connectivity index (χ2v) is 5.35. The third-order valence-corrected chi connectivity index (χ3v) is 3.90. The number of carbonyl (C=O) groups excluding carboxylic acids is 2. The Hall–Kier alpha value is -1.04. The van der Waals surface area contributed by atoms with E-state index in [4.69, 9.17) is 5.11 Å². The van der Waals surface area contributed by atoms with E-state index >= 15 is 0 Å². The van der Waals surface area contributed by atoms with Gasteiger partial charge in [0.15, 0.2) is 0 Å². The first kappa shape index (κ1) is 11.4. The molecular weight excluding hydrogens is 230 g/mol. The Bertz CT molecular complexity index is 340. The van der Waals surface area contributed by atoms with Crippen molar-refractivity contribution in [2.45, 2.75) is 37.0 Å². The highest BCUT2D eigenvalue weighted by molar-refractivity contribution is 8.00. The number of carboxylic acid groups (broad SMARTS) is 1. The summed E-state index contributed by atoms with van der Waals surface area (Å²) in [4.78, 5) is 35.1. The minimum absolute atomic E-state index is 0.0338. The van der Waals surface area contributed by atoms with Gasteiger partial charge in [0.2, 0.25) is 11.8 Å². The first-order valence-corrected chi connectivity index (χ1v) is 6.34. The molecule has 0 aromatic carbocycles. The average molecular weight is 243 g/mol. The van der Waals surface area contributed by atoms with E-state index in [1.807, 2.05) is 0 Å². The fraction of sp³-hybridized carbons (Fsp3) is 0.700. The van der Waals surface area contributed by atoms with Crippen molar-refractivity contribution in [1.29, 1.82) is 0 Å². The molecule has 2 fully saturated rings. The highest BCUT2D eigenvalue weighted by atomic mass is 32.2. The Labute approximate surface area is 97.2 Å². The number of thioether (sulfide) groups is 1. The second-order valence-electron chi connectivity index (χ2n) is 4.04. The Balaban J connectivity index is 1.85. The number of aliphatic carboxylic acids is 1. The maximum Gasteiger partial charge on any atom is 0.304 e. The number of hydrogen-bond donors (Lipinski definition) is 1. The van der Waals surface area contributed by atoms with Crippen LogP contribution in [0, 0.1) is 0 Å². The molecule has 0 aromatic rings. The summed E-state index contributed by atoms with van der Waals surface area (Å²) < 4.78 is 0. The van der Waals surface area contributed by atoms with Gasteiger partial charge in [0, 0.05) is 18.2 Å². The lowest BCUT2D eigenvalue weighted by atomic mass is 10.4. The number of nitrogens with zero attached hydrogens (tertiary/aromatic N) is 1. The van der Waals surface area contributed by atoms with E-state index in [9.17, 15) is 14.4 Å². The summed E-state index contributed by atoms with van der Waals surface area (Å²) in [5.74, 6) is -0.705. The third kappa shape index (κ3) is 2.37. The smallest absolute Gasteiger partial charge is 0.304 e. The van der Waals surface area contributed by atoms with E-state index in [1.165, 1.54) is 16.7 Å². The van der Waals surface area contributed by atoms with Gasteiger partial charge in [-0.3, -0.25) is 19.3 Å². The van der Waals surface area contributed by atoms with Crippen LogP contribution >= 0.6 is 11.8 Å². The van der Waals surface area contributed by atoms with Crippen molar-refractivity contribution in [3.05, 3.63) is 0 Å². The normalized spacial score (nSPS) is 25.2. The Kier molecular flexibility index (Phi) is 3.18. The summed E-state index contributed by atoms with van der Waals surface area (Å²) >= 11 is 1.28. The van der Waals surface area contributed by atoms with Crippen LogP contribution in [0.25, 0.3) is 0 Å². The van der Waals surface area contributed by atoms with E-state index in [2.05, 4.69) is 0 Å². The quantitative estimate of drug-likeness (QED) is 0.711. The highest BCUT2D eigenvalue weighted by Crippen LogP contribution is 2.35. The number of carbonyl (C=O) groups is 3. The summed E-state index contributed by atoms with van der Waals surface area (Å²) in [7, 11) is 0. The molecule has 2 amide bonds. The summed E-state index contributed by atoms with van der Waals surface area (Å²) in [6.45, 7) is 0. The van der Waals surface area contributed by atoms with E-state index < -0.39 is 5.97 Å². The van der Waals surface area contributed by atoms with Gasteiger partial charge in [0.1, 0.15) is 0 Å². The van der Waals surface area contributed by atoms with Gasteiger partial charge in [-0.05, 0) is 12.8 Å². The predicted molar refractivity (Wildman–Crippen MR) is 58.0 cm³/mol. The van der Waals surface area contributed by atoms with Gasteiger partial charge < -0.3 is 5.11 Å². The van der Waals surface area contributed by atoms with Crippen LogP contribution in [0.15, 0.2) is 0 Å². The van der Waals surface area contributed by atoms with Crippen molar-refractivity contribution in [1.82, 2.24) is 4.90 Å². The zero-order valence-electron chi connectivity index (χ0n) is 8.72. The van der Waals surface area contributed by atoms with Crippen LogP contribution in [0.4, 0.5) is 0 Å². The first-order valence-electron chi connectivity index (χ1n) is 5.29. The lowest BCUT2D eigenvalue weighted by Gasteiger charge is -2.12. The molecule has 0 radical (unpaired) electrons. The summed E-state index contributed by atoms with van der Waals surface area (Å²) in [6, 6.07) is 0.130. The molecule has 1 atom stereocenters. The van der Waals surface area contributed by atoms with Crippen molar-refractivity contribution in [2.75, 3.05) is 5.75 Å². The van der Waals surface area contributed by atoms with E-state index in [-0.39, 0.29) is 35.9 Å².